The van der Waals surface area contributed by atoms with Crippen molar-refractivity contribution in [3.8, 4) is 0 Å². The van der Waals surface area contributed by atoms with Crippen LogP contribution in [0.2, 0.25) is 0 Å². The van der Waals surface area contributed by atoms with Crippen LogP contribution in [0, 0.1) is 11.6 Å². The number of aromatic nitrogens is 2. The lowest BCUT2D eigenvalue weighted by atomic mass is 10.3. The van der Waals surface area contributed by atoms with E-state index in [0.29, 0.717) is 11.9 Å². The fourth-order valence-corrected chi connectivity index (χ4v) is 1.53. The van der Waals surface area contributed by atoms with E-state index in [2.05, 4.69) is 20.6 Å². The van der Waals surface area contributed by atoms with Gasteiger partial charge < -0.3 is 15.6 Å². The lowest BCUT2D eigenvalue weighted by Gasteiger charge is -2.13. The summed E-state index contributed by atoms with van der Waals surface area (Å²) in [5.74, 6) is -0.956. The van der Waals surface area contributed by atoms with E-state index >= 15 is 0 Å². The molecule has 1 heterocycles. The molecule has 0 aliphatic heterocycles. The van der Waals surface area contributed by atoms with Crippen LogP contribution in [0.5, 0.6) is 0 Å². The molecule has 0 radical (unpaired) electrons. The van der Waals surface area contributed by atoms with Crippen LogP contribution in [0.3, 0.4) is 0 Å². The highest BCUT2D eigenvalue weighted by Gasteiger charge is 2.13. The van der Waals surface area contributed by atoms with E-state index in [1.165, 1.54) is 0 Å². The second-order valence-electron chi connectivity index (χ2n) is 3.92. The number of rotatable bonds is 3. The van der Waals surface area contributed by atoms with Crippen molar-refractivity contribution in [2.45, 2.75) is 13.0 Å². The zero-order valence-corrected chi connectivity index (χ0v) is 10.1. The van der Waals surface area contributed by atoms with Crippen LogP contribution in [-0.2, 0) is 0 Å². The number of aromatic amines is 1. The minimum Gasteiger partial charge on any atom is -0.347 e. The molecule has 0 saturated carbocycles. The Kier molecular flexibility index (Phi) is 3.74. The second kappa shape index (κ2) is 5.47. The third-order valence-electron chi connectivity index (χ3n) is 2.46. The minimum atomic E-state index is -0.833. The molecule has 2 rings (SSSR count). The molecule has 1 unspecified atom stereocenters. The lowest BCUT2D eigenvalue weighted by Crippen LogP contribution is -2.32. The predicted octanol–water partition coefficient (Wildman–Crippen LogP) is 2.57. The smallest absolute Gasteiger partial charge is 0.319 e. The van der Waals surface area contributed by atoms with E-state index in [1.807, 2.05) is 0 Å². The number of carbonyl (C=O) groups is 1. The Hall–Kier alpha value is -2.44. The molecule has 0 fully saturated rings. The molecule has 0 bridgehead atoms. The maximum atomic E-state index is 13.3. The van der Waals surface area contributed by atoms with Gasteiger partial charge in [0.1, 0.15) is 17.5 Å². The van der Waals surface area contributed by atoms with Crippen LogP contribution in [-0.4, -0.2) is 16.0 Å². The molecular weight excluding hydrogens is 254 g/mol. The summed E-state index contributed by atoms with van der Waals surface area (Å²) < 4.78 is 26.0. The quantitative estimate of drug-likeness (QED) is 0.799. The van der Waals surface area contributed by atoms with Crippen LogP contribution in [0.1, 0.15) is 18.8 Å². The largest absolute Gasteiger partial charge is 0.347 e. The summed E-state index contributed by atoms with van der Waals surface area (Å²) in [7, 11) is 0. The van der Waals surface area contributed by atoms with Crippen LogP contribution in [0.4, 0.5) is 19.3 Å². The number of amides is 2. The molecule has 0 aliphatic carbocycles. The van der Waals surface area contributed by atoms with Gasteiger partial charge in [-0.25, -0.2) is 18.6 Å². The van der Waals surface area contributed by atoms with Gasteiger partial charge >= 0.3 is 6.03 Å². The molecule has 0 spiro atoms. The maximum Gasteiger partial charge on any atom is 0.319 e. The van der Waals surface area contributed by atoms with Crippen LogP contribution in [0.25, 0.3) is 0 Å². The molecule has 1 aromatic heterocycles. The van der Waals surface area contributed by atoms with Crippen LogP contribution in [0.15, 0.2) is 30.6 Å². The standard InChI is InChI=1S/C12H12F2N4O/c1-7(11-15-4-5-16-11)17-12(19)18-10-3-2-8(13)6-9(10)14/h2-7H,1H3,(H,15,16)(H2,17,18,19). The van der Waals surface area contributed by atoms with E-state index in [9.17, 15) is 13.6 Å². The summed E-state index contributed by atoms with van der Waals surface area (Å²) in [6, 6.07) is 1.95. The Morgan fingerprint density at radius 1 is 1.42 bits per heavy atom. The lowest BCUT2D eigenvalue weighted by molar-refractivity contribution is 0.249. The van der Waals surface area contributed by atoms with Crippen LogP contribution >= 0.6 is 0 Å². The number of hydrogen-bond donors (Lipinski definition) is 3. The predicted molar refractivity (Wildman–Crippen MR) is 65.5 cm³/mol. The molecule has 0 saturated heterocycles. The molecule has 2 aromatic rings. The molecule has 3 N–H and O–H groups in total. The Labute approximate surface area is 108 Å². The summed E-state index contributed by atoms with van der Waals surface area (Å²) >= 11 is 0. The van der Waals surface area contributed by atoms with E-state index in [1.54, 1.807) is 19.3 Å². The van der Waals surface area contributed by atoms with E-state index in [0.717, 1.165) is 12.1 Å². The average molecular weight is 266 g/mol. The van der Waals surface area contributed by atoms with Gasteiger partial charge in [0.25, 0.3) is 0 Å². The highest BCUT2D eigenvalue weighted by molar-refractivity contribution is 5.89. The first-order valence-electron chi connectivity index (χ1n) is 5.58. The van der Waals surface area contributed by atoms with Crippen molar-refractivity contribution in [2.24, 2.45) is 0 Å². The molecule has 100 valence electrons. The maximum absolute atomic E-state index is 13.3. The molecule has 1 aromatic carbocycles. The Bertz CT molecular complexity index is 571. The third kappa shape index (κ3) is 3.27. The van der Waals surface area contributed by atoms with Gasteiger partial charge in [-0.05, 0) is 19.1 Å². The summed E-state index contributed by atoms with van der Waals surface area (Å²) in [4.78, 5) is 18.5. The van der Waals surface area contributed by atoms with Crippen molar-refractivity contribution in [1.82, 2.24) is 15.3 Å². The van der Waals surface area contributed by atoms with Gasteiger partial charge in [-0.2, -0.15) is 0 Å². The first-order chi connectivity index (χ1) is 9.06. The fourth-order valence-electron chi connectivity index (χ4n) is 1.53. The van der Waals surface area contributed by atoms with Gasteiger partial charge in [0, 0.05) is 18.5 Å². The number of urea groups is 1. The van der Waals surface area contributed by atoms with Gasteiger partial charge in [0.2, 0.25) is 0 Å². The second-order valence-corrected chi connectivity index (χ2v) is 3.92. The Balaban J connectivity index is 1.98. The number of hydrogen-bond acceptors (Lipinski definition) is 2. The van der Waals surface area contributed by atoms with Gasteiger partial charge in [-0.3, -0.25) is 0 Å². The molecular formula is C12H12F2N4O. The molecule has 7 heteroatoms. The molecule has 2 amide bonds. The van der Waals surface area contributed by atoms with Crippen molar-refractivity contribution >= 4 is 11.7 Å². The van der Waals surface area contributed by atoms with Gasteiger partial charge in [-0.1, -0.05) is 0 Å². The van der Waals surface area contributed by atoms with Crippen molar-refractivity contribution < 1.29 is 13.6 Å². The highest BCUT2D eigenvalue weighted by atomic mass is 19.1. The molecule has 0 aliphatic rings. The Morgan fingerprint density at radius 2 is 2.21 bits per heavy atom. The zero-order chi connectivity index (χ0) is 13.8. The SMILES string of the molecule is CC(NC(=O)Nc1ccc(F)cc1F)c1ncc[nH]1. The number of carbonyl (C=O) groups excluding carboxylic acids is 1. The van der Waals surface area contributed by atoms with Gasteiger partial charge in [0.05, 0.1) is 11.7 Å². The monoisotopic (exact) mass is 266 g/mol. The number of nitrogens with one attached hydrogen (secondary N) is 3. The Morgan fingerprint density at radius 3 is 2.84 bits per heavy atom. The summed E-state index contributed by atoms with van der Waals surface area (Å²) in [5.41, 5.74) is -0.0921. The zero-order valence-electron chi connectivity index (χ0n) is 10.1. The van der Waals surface area contributed by atoms with Gasteiger partial charge in [0.15, 0.2) is 0 Å². The normalized spacial score (nSPS) is 11.9. The number of H-pyrrole nitrogens is 1. The number of anilines is 1. The summed E-state index contributed by atoms with van der Waals surface area (Å²) in [6.45, 7) is 1.72. The summed E-state index contributed by atoms with van der Waals surface area (Å²) in [6.07, 6.45) is 3.19. The molecule has 19 heavy (non-hydrogen) atoms. The number of halogens is 2. The van der Waals surface area contributed by atoms with Crippen molar-refractivity contribution in [2.75, 3.05) is 5.32 Å². The number of benzene rings is 1. The third-order valence-corrected chi connectivity index (χ3v) is 2.46. The first-order valence-corrected chi connectivity index (χ1v) is 5.58. The molecule has 1 atom stereocenters. The van der Waals surface area contributed by atoms with Crippen LogP contribution < -0.4 is 10.6 Å². The number of nitrogens with zero attached hydrogens (tertiary/aromatic N) is 1. The number of imidazole rings is 1. The highest BCUT2D eigenvalue weighted by Crippen LogP contribution is 2.15. The average Bonchev–Trinajstić information content (AvgIpc) is 2.86. The van der Waals surface area contributed by atoms with E-state index < -0.39 is 17.7 Å². The van der Waals surface area contributed by atoms with Gasteiger partial charge in [-0.15, -0.1) is 0 Å². The molecule has 5 nitrogen and oxygen atoms in total. The van der Waals surface area contributed by atoms with Crippen molar-refractivity contribution in [3.63, 3.8) is 0 Å². The van der Waals surface area contributed by atoms with E-state index in [-0.39, 0.29) is 11.7 Å². The van der Waals surface area contributed by atoms with E-state index in [4.69, 9.17) is 0 Å². The van der Waals surface area contributed by atoms with Crippen molar-refractivity contribution in [3.05, 3.63) is 48.1 Å². The first kappa shape index (κ1) is 13.0. The fraction of sp³-hybridized carbons (Fsp3) is 0.167. The van der Waals surface area contributed by atoms with Crippen molar-refractivity contribution in [1.29, 1.82) is 0 Å². The minimum absolute atomic E-state index is 0.0921. The topological polar surface area (TPSA) is 69.8 Å². The summed E-state index contributed by atoms with van der Waals surface area (Å²) in [5, 5.41) is 4.87.